The third-order valence-electron chi connectivity index (χ3n) is 3.42. The molecule has 2 N–H and O–H groups in total. The van der Waals surface area contributed by atoms with Crippen LogP contribution in [-0.4, -0.2) is 34.2 Å². The summed E-state index contributed by atoms with van der Waals surface area (Å²) in [6, 6.07) is 2.17. The monoisotopic (exact) mass is 336 g/mol. The molecule has 2 rings (SSSR count). The van der Waals surface area contributed by atoms with E-state index in [0.29, 0.717) is 13.0 Å². The van der Waals surface area contributed by atoms with E-state index < -0.39 is 20.7 Å². The van der Waals surface area contributed by atoms with Gasteiger partial charge < -0.3 is 10.1 Å². The number of hydrogen-bond donors (Lipinski definition) is 2. The summed E-state index contributed by atoms with van der Waals surface area (Å²) in [6.07, 6.45) is 0.324. The normalized spacial score (nSPS) is 22.7. The maximum atomic E-state index is 14.4. The highest BCUT2D eigenvalue weighted by Gasteiger charge is 2.31. The van der Waals surface area contributed by atoms with Gasteiger partial charge in [0.1, 0.15) is 10.7 Å². The van der Waals surface area contributed by atoms with E-state index in [2.05, 4.69) is 10.0 Å². The van der Waals surface area contributed by atoms with Gasteiger partial charge in [-0.25, -0.2) is 17.5 Å². The number of benzene rings is 1. The maximum Gasteiger partial charge on any atom is 0.243 e. The van der Waals surface area contributed by atoms with E-state index in [1.165, 1.54) is 6.07 Å². The standard InChI is InChI=1S/C13H18ClFN2O3S/c1-8-11(3-4-20-8)17-21(18,19)12-6-10(14)5-9(7-16-2)13(12)15/h5-6,8,11,16-17H,3-4,7H2,1-2H3. The molecule has 1 aliphatic heterocycles. The van der Waals surface area contributed by atoms with Gasteiger partial charge in [-0.05, 0) is 32.5 Å². The Kier molecular flexibility index (Phi) is 5.21. The van der Waals surface area contributed by atoms with Crippen LogP contribution in [0.4, 0.5) is 4.39 Å². The number of halogens is 2. The summed E-state index contributed by atoms with van der Waals surface area (Å²) >= 11 is 5.90. The molecule has 21 heavy (non-hydrogen) atoms. The zero-order chi connectivity index (χ0) is 15.6. The van der Waals surface area contributed by atoms with Crippen LogP contribution >= 0.6 is 11.6 Å². The Morgan fingerprint density at radius 1 is 1.48 bits per heavy atom. The molecular weight excluding hydrogens is 319 g/mol. The summed E-state index contributed by atoms with van der Waals surface area (Å²) < 4.78 is 46.9. The Morgan fingerprint density at radius 3 is 2.76 bits per heavy atom. The van der Waals surface area contributed by atoms with Crippen molar-refractivity contribution in [1.29, 1.82) is 0 Å². The van der Waals surface area contributed by atoms with Gasteiger partial charge in [0, 0.05) is 23.7 Å². The van der Waals surface area contributed by atoms with E-state index in [1.54, 1.807) is 14.0 Å². The molecule has 1 aromatic carbocycles. The summed E-state index contributed by atoms with van der Waals surface area (Å²) in [5.41, 5.74) is 0.209. The minimum atomic E-state index is -3.99. The van der Waals surface area contributed by atoms with E-state index in [4.69, 9.17) is 16.3 Å². The number of ether oxygens (including phenoxy) is 1. The minimum absolute atomic E-state index is 0.178. The molecule has 5 nitrogen and oxygen atoms in total. The van der Waals surface area contributed by atoms with Crippen molar-refractivity contribution in [3.05, 3.63) is 28.5 Å². The van der Waals surface area contributed by atoms with Gasteiger partial charge in [0.25, 0.3) is 0 Å². The lowest BCUT2D eigenvalue weighted by Crippen LogP contribution is -2.39. The molecule has 8 heteroatoms. The van der Waals surface area contributed by atoms with E-state index in [-0.39, 0.29) is 29.3 Å². The van der Waals surface area contributed by atoms with Crippen molar-refractivity contribution in [3.8, 4) is 0 Å². The lowest BCUT2D eigenvalue weighted by Gasteiger charge is -2.17. The maximum absolute atomic E-state index is 14.4. The Balaban J connectivity index is 2.35. The van der Waals surface area contributed by atoms with Gasteiger partial charge in [-0.3, -0.25) is 0 Å². The van der Waals surface area contributed by atoms with Crippen molar-refractivity contribution in [2.45, 2.75) is 36.9 Å². The number of sulfonamides is 1. The molecule has 2 atom stereocenters. The van der Waals surface area contributed by atoms with Crippen LogP contribution in [0.1, 0.15) is 18.9 Å². The second-order valence-corrected chi connectivity index (χ2v) is 7.12. The predicted octanol–water partition coefficient (Wildman–Crippen LogP) is 1.65. The van der Waals surface area contributed by atoms with E-state index in [0.717, 1.165) is 6.07 Å². The lowest BCUT2D eigenvalue weighted by molar-refractivity contribution is 0.117. The minimum Gasteiger partial charge on any atom is -0.377 e. The van der Waals surface area contributed by atoms with Crippen molar-refractivity contribution < 1.29 is 17.5 Å². The van der Waals surface area contributed by atoms with Gasteiger partial charge >= 0.3 is 0 Å². The molecule has 1 aliphatic rings. The van der Waals surface area contributed by atoms with Crippen LogP contribution in [0.5, 0.6) is 0 Å². The van der Waals surface area contributed by atoms with Crippen LogP contribution in [-0.2, 0) is 21.3 Å². The van der Waals surface area contributed by atoms with E-state index >= 15 is 0 Å². The molecule has 0 amide bonds. The summed E-state index contributed by atoms with van der Waals surface area (Å²) in [7, 11) is -2.34. The number of nitrogens with one attached hydrogen (secondary N) is 2. The number of hydrogen-bond acceptors (Lipinski definition) is 4. The van der Waals surface area contributed by atoms with Gasteiger partial charge in [0.15, 0.2) is 0 Å². The van der Waals surface area contributed by atoms with Crippen LogP contribution < -0.4 is 10.0 Å². The highest BCUT2D eigenvalue weighted by molar-refractivity contribution is 7.89. The second kappa shape index (κ2) is 6.58. The molecule has 0 radical (unpaired) electrons. The highest BCUT2D eigenvalue weighted by atomic mass is 35.5. The van der Waals surface area contributed by atoms with Crippen LogP contribution in [0.25, 0.3) is 0 Å². The Hall–Kier alpha value is -0.730. The van der Waals surface area contributed by atoms with E-state index in [1.807, 2.05) is 0 Å². The lowest BCUT2D eigenvalue weighted by atomic mass is 10.2. The van der Waals surface area contributed by atoms with Crippen LogP contribution in [0.15, 0.2) is 17.0 Å². The predicted molar refractivity (Wildman–Crippen MR) is 78.3 cm³/mol. The fourth-order valence-corrected chi connectivity index (χ4v) is 4.07. The Bertz CT molecular complexity index is 624. The summed E-state index contributed by atoms with van der Waals surface area (Å²) in [4.78, 5) is -0.431. The second-order valence-electron chi connectivity index (χ2n) is 5.00. The third-order valence-corrected chi connectivity index (χ3v) is 5.13. The number of rotatable bonds is 5. The van der Waals surface area contributed by atoms with Gasteiger partial charge in [0.05, 0.1) is 12.1 Å². The molecule has 118 valence electrons. The first-order valence-corrected chi connectivity index (χ1v) is 8.47. The zero-order valence-corrected chi connectivity index (χ0v) is 13.4. The quantitative estimate of drug-likeness (QED) is 0.858. The van der Waals surface area contributed by atoms with Gasteiger partial charge in [0.2, 0.25) is 10.0 Å². The third kappa shape index (κ3) is 3.73. The van der Waals surface area contributed by atoms with Crippen molar-refractivity contribution in [2.75, 3.05) is 13.7 Å². The molecule has 0 aliphatic carbocycles. The summed E-state index contributed by atoms with van der Waals surface area (Å²) in [5, 5.41) is 2.96. The van der Waals surface area contributed by atoms with Crippen molar-refractivity contribution in [2.24, 2.45) is 0 Å². The highest BCUT2D eigenvalue weighted by Crippen LogP contribution is 2.25. The average molecular weight is 337 g/mol. The molecule has 1 aromatic rings. The first kappa shape index (κ1) is 16.6. The Labute approximate surface area is 128 Å². The molecule has 0 saturated carbocycles. The molecule has 0 bridgehead atoms. The first-order chi connectivity index (χ1) is 9.85. The largest absolute Gasteiger partial charge is 0.377 e. The van der Waals surface area contributed by atoms with Gasteiger partial charge in [-0.2, -0.15) is 0 Å². The van der Waals surface area contributed by atoms with Crippen molar-refractivity contribution >= 4 is 21.6 Å². The molecule has 0 aromatic heterocycles. The fourth-order valence-electron chi connectivity index (χ4n) is 2.28. The van der Waals surface area contributed by atoms with E-state index in [9.17, 15) is 12.8 Å². The molecule has 1 heterocycles. The summed E-state index contributed by atoms with van der Waals surface area (Å²) in [5.74, 6) is -0.784. The van der Waals surface area contributed by atoms with Crippen molar-refractivity contribution in [3.63, 3.8) is 0 Å². The van der Waals surface area contributed by atoms with Gasteiger partial charge in [-0.15, -0.1) is 0 Å². The van der Waals surface area contributed by atoms with Crippen molar-refractivity contribution in [1.82, 2.24) is 10.0 Å². The smallest absolute Gasteiger partial charge is 0.243 e. The fraction of sp³-hybridized carbons (Fsp3) is 0.538. The SMILES string of the molecule is CNCc1cc(Cl)cc(S(=O)(=O)NC2CCOC2C)c1F. The topological polar surface area (TPSA) is 67.4 Å². The molecule has 1 fully saturated rings. The molecule has 1 saturated heterocycles. The average Bonchev–Trinajstić information content (AvgIpc) is 2.78. The molecule has 2 unspecified atom stereocenters. The molecular formula is C13H18ClFN2O3S. The van der Waals surface area contributed by atoms with Gasteiger partial charge in [-0.1, -0.05) is 11.6 Å². The molecule has 0 spiro atoms. The van der Waals surface area contributed by atoms with Crippen LogP contribution in [0.3, 0.4) is 0 Å². The van der Waals surface area contributed by atoms with Crippen LogP contribution in [0.2, 0.25) is 5.02 Å². The summed E-state index contributed by atoms with van der Waals surface area (Å²) in [6.45, 7) is 2.45. The Morgan fingerprint density at radius 2 is 2.19 bits per heavy atom. The zero-order valence-electron chi connectivity index (χ0n) is 11.8. The first-order valence-electron chi connectivity index (χ1n) is 6.61. The van der Waals surface area contributed by atoms with Crippen LogP contribution in [0, 0.1) is 5.82 Å².